The van der Waals surface area contributed by atoms with Gasteiger partial charge in [0.1, 0.15) is 0 Å². The first kappa shape index (κ1) is 19.9. The zero-order chi connectivity index (χ0) is 18.9. The number of amides is 1. The van der Waals surface area contributed by atoms with Gasteiger partial charge >= 0.3 is 6.09 Å². The van der Waals surface area contributed by atoms with E-state index in [1.807, 2.05) is 6.92 Å². The number of rotatable bonds is 6. The number of hydrogen-bond donors (Lipinski definition) is 1. The third kappa shape index (κ3) is 3.60. The van der Waals surface area contributed by atoms with E-state index < -0.39 is 6.10 Å². The van der Waals surface area contributed by atoms with Crippen molar-refractivity contribution in [3.05, 3.63) is 0 Å². The fraction of sp³-hybridized carbons (Fsp3) is 0.950. The van der Waals surface area contributed by atoms with E-state index in [4.69, 9.17) is 9.47 Å². The lowest BCUT2D eigenvalue weighted by atomic mass is 9.70. The zero-order valence-corrected chi connectivity index (χ0v) is 16.9. The van der Waals surface area contributed by atoms with E-state index in [0.29, 0.717) is 38.3 Å². The minimum absolute atomic E-state index is 0.233. The quantitative estimate of drug-likeness (QED) is 0.780. The number of aliphatic hydroxyl groups excluding tert-OH is 1. The number of ether oxygens (including phenoxy) is 2. The highest BCUT2D eigenvalue weighted by atomic mass is 16.6. The number of nitrogens with zero attached hydrogens (tertiary/aromatic N) is 2. The van der Waals surface area contributed by atoms with Crippen LogP contribution in [0.15, 0.2) is 0 Å². The van der Waals surface area contributed by atoms with Gasteiger partial charge in [0.15, 0.2) is 0 Å². The molecule has 0 aromatic rings. The molecular weight excluding hydrogens is 332 g/mol. The van der Waals surface area contributed by atoms with Crippen molar-refractivity contribution < 1.29 is 19.4 Å². The Bertz CT molecular complexity index is 504. The van der Waals surface area contributed by atoms with Crippen molar-refractivity contribution in [2.24, 2.45) is 16.7 Å². The summed E-state index contributed by atoms with van der Waals surface area (Å²) in [5.41, 5.74) is 0.578. The molecule has 3 fully saturated rings. The summed E-state index contributed by atoms with van der Waals surface area (Å²) in [4.78, 5) is 15.7. The van der Waals surface area contributed by atoms with Crippen LogP contribution in [-0.2, 0) is 9.47 Å². The van der Waals surface area contributed by atoms with E-state index in [2.05, 4.69) is 25.7 Å². The van der Waals surface area contributed by atoms with Crippen molar-refractivity contribution in [1.82, 2.24) is 9.80 Å². The van der Waals surface area contributed by atoms with Gasteiger partial charge in [-0.25, -0.2) is 4.79 Å². The molecule has 6 heteroatoms. The molecule has 3 rings (SSSR count). The molecule has 1 aliphatic heterocycles. The van der Waals surface area contributed by atoms with Gasteiger partial charge in [0.25, 0.3) is 0 Å². The van der Waals surface area contributed by atoms with Gasteiger partial charge in [0.05, 0.1) is 25.4 Å². The van der Waals surface area contributed by atoms with Crippen LogP contribution in [-0.4, -0.2) is 79.1 Å². The average molecular weight is 369 g/mol. The molecule has 0 aromatic carbocycles. The van der Waals surface area contributed by atoms with Crippen molar-refractivity contribution in [3.63, 3.8) is 0 Å². The fourth-order valence-corrected chi connectivity index (χ4v) is 5.29. The molecule has 1 saturated heterocycles. The molecule has 4 atom stereocenters. The highest BCUT2D eigenvalue weighted by molar-refractivity contribution is 5.67. The number of piperazine rings is 1. The van der Waals surface area contributed by atoms with Crippen LogP contribution in [0.2, 0.25) is 0 Å². The predicted molar refractivity (Wildman–Crippen MR) is 100 cm³/mol. The second-order valence-electron chi connectivity index (χ2n) is 9.07. The molecule has 0 unspecified atom stereocenters. The van der Waals surface area contributed by atoms with E-state index in [1.165, 1.54) is 12.8 Å². The molecule has 3 aliphatic rings. The number of β-amino-alcohol motifs (C(OH)–C–C–N with tert-alkyl or cyclic N) is 1. The third-order valence-electron chi connectivity index (χ3n) is 7.57. The predicted octanol–water partition coefficient (Wildman–Crippen LogP) is 2.35. The standard InChI is InChI=1S/C20H36N2O4/c1-5-25-18(24)22-10-8-21(9-11-22)13-16(23)14-26-17-12-15-6-7-20(17,4)19(15,2)3/h15-17,23H,5-14H2,1-4H3/t15-,16+,17+,20-/m0/s1. The lowest BCUT2D eigenvalue weighted by molar-refractivity contribution is -0.0805. The van der Waals surface area contributed by atoms with E-state index in [0.717, 1.165) is 25.4 Å². The fourth-order valence-electron chi connectivity index (χ4n) is 5.29. The molecule has 6 nitrogen and oxygen atoms in total. The molecular formula is C20H36N2O4. The Morgan fingerprint density at radius 1 is 1.23 bits per heavy atom. The minimum Gasteiger partial charge on any atom is -0.450 e. The van der Waals surface area contributed by atoms with Crippen LogP contribution < -0.4 is 0 Å². The molecule has 26 heavy (non-hydrogen) atoms. The lowest BCUT2D eigenvalue weighted by Crippen LogP contribution is -2.51. The van der Waals surface area contributed by atoms with Gasteiger partial charge in [-0.05, 0) is 42.9 Å². The molecule has 2 bridgehead atoms. The van der Waals surface area contributed by atoms with E-state index in [9.17, 15) is 9.90 Å². The van der Waals surface area contributed by atoms with Crippen molar-refractivity contribution in [2.45, 2.75) is 59.2 Å². The molecule has 150 valence electrons. The average Bonchev–Trinajstić information content (AvgIpc) is 2.94. The molecule has 2 aliphatic carbocycles. The Morgan fingerprint density at radius 3 is 2.46 bits per heavy atom. The molecule has 0 aromatic heterocycles. The Balaban J connectivity index is 1.39. The van der Waals surface area contributed by atoms with Crippen LogP contribution in [0.4, 0.5) is 4.79 Å². The van der Waals surface area contributed by atoms with Gasteiger partial charge in [-0.2, -0.15) is 0 Å². The molecule has 0 spiro atoms. The monoisotopic (exact) mass is 368 g/mol. The van der Waals surface area contributed by atoms with E-state index in [1.54, 1.807) is 4.90 Å². The third-order valence-corrected chi connectivity index (χ3v) is 7.57. The SMILES string of the molecule is CCOC(=O)N1CCN(C[C@@H](O)CO[C@@H]2C[C@@H]3CC[C@]2(C)C3(C)C)CC1. The summed E-state index contributed by atoms with van der Waals surface area (Å²) < 4.78 is 11.3. The number of carbonyl (C=O) groups excluding carboxylic acids is 1. The second-order valence-corrected chi connectivity index (χ2v) is 9.07. The van der Waals surface area contributed by atoms with Crippen LogP contribution >= 0.6 is 0 Å². The van der Waals surface area contributed by atoms with Gasteiger partial charge in [-0.15, -0.1) is 0 Å². The number of aliphatic hydroxyl groups is 1. The van der Waals surface area contributed by atoms with Gasteiger partial charge in [0, 0.05) is 32.7 Å². The zero-order valence-electron chi connectivity index (χ0n) is 16.9. The Morgan fingerprint density at radius 2 is 1.92 bits per heavy atom. The number of fused-ring (bicyclic) bond motifs is 2. The summed E-state index contributed by atoms with van der Waals surface area (Å²) >= 11 is 0. The number of hydrogen-bond acceptors (Lipinski definition) is 5. The lowest BCUT2D eigenvalue weighted by Gasteiger charge is -2.39. The first-order valence-corrected chi connectivity index (χ1v) is 10.2. The van der Waals surface area contributed by atoms with Gasteiger partial charge < -0.3 is 19.5 Å². The second kappa shape index (κ2) is 7.64. The van der Waals surface area contributed by atoms with Crippen LogP contribution in [0.5, 0.6) is 0 Å². The smallest absolute Gasteiger partial charge is 0.409 e. The van der Waals surface area contributed by atoms with Crippen molar-refractivity contribution in [3.8, 4) is 0 Å². The first-order valence-electron chi connectivity index (χ1n) is 10.2. The maximum absolute atomic E-state index is 11.7. The van der Waals surface area contributed by atoms with Crippen LogP contribution in [0.25, 0.3) is 0 Å². The first-order chi connectivity index (χ1) is 12.3. The molecule has 1 amide bonds. The maximum Gasteiger partial charge on any atom is 0.409 e. The van der Waals surface area contributed by atoms with Gasteiger partial charge in [-0.3, -0.25) is 4.90 Å². The Hall–Kier alpha value is -0.850. The largest absolute Gasteiger partial charge is 0.450 e. The van der Waals surface area contributed by atoms with E-state index in [-0.39, 0.29) is 17.6 Å². The van der Waals surface area contributed by atoms with Crippen molar-refractivity contribution in [2.75, 3.05) is 45.9 Å². The van der Waals surface area contributed by atoms with Crippen LogP contribution in [0, 0.1) is 16.7 Å². The summed E-state index contributed by atoms with van der Waals surface area (Å²) in [7, 11) is 0. The highest BCUT2D eigenvalue weighted by Crippen LogP contribution is 2.66. The van der Waals surface area contributed by atoms with Crippen LogP contribution in [0.1, 0.15) is 47.0 Å². The highest BCUT2D eigenvalue weighted by Gasteiger charge is 2.61. The van der Waals surface area contributed by atoms with Crippen molar-refractivity contribution in [1.29, 1.82) is 0 Å². The normalized spacial score (nSPS) is 34.9. The minimum atomic E-state index is -0.477. The Labute approximate surface area is 157 Å². The Kier molecular flexibility index (Phi) is 5.85. The van der Waals surface area contributed by atoms with Gasteiger partial charge in [-0.1, -0.05) is 20.8 Å². The van der Waals surface area contributed by atoms with Crippen LogP contribution in [0.3, 0.4) is 0 Å². The van der Waals surface area contributed by atoms with Crippen molar-refractivity contribution >= 4 is 6.09 Å². The summed E-state index contributed by atoms with van der Waals surface area (Å²) in [6.45, 7) is 13.2. The summed E-state index contributed by atoms with van der Waals surface area (Å²) in [5, 5.41) is 10.4. The topological polar surface area (TPSA) is 62.2 Å². The molecule has 1 N–H and O–H groups in total. The van der Waals surface area contributed by atoms with Gasteiger partial charge in [0.2, 0.25) is 0 Å². The summed E-state index contributed by atoms with van der Waals surface area (Å²) in [5.74, 6) is 0.755. The molecule has 2 saturated carbocycles. The summed E-state index contributed by atoms with van der Waals surface area (Å²) in [6, 6.07) is 0. The molecule has 1 heterocycles. The number of carbonyl (C=O) groups is 1. The summed E-state index contributed by atoms with van der Waals surface area (Å²) in [6.07, 6.45) is 3.25. The maximum atomic E-state index is 11.7. The molecule has 0 radical (unpaired) electrons. The van der Waals surface area contributed by atoms with E-state index >= 15 is 0 Å².